The maximum atomic E-state index is 5.20. The van der Waals surface area contributed by atoms with Gasteiger partial charge in [-0.05, 0) is 159 Å². The molecule has 0 saturated heterocycles. The smallest absolute Gasteiger partial charge is 0.164 e. The summed E-state index contributed by atoms with van der Waals surface area (Å²) in [7, 11) is 0. The molecule has 0 bridgehead atoms. The van der Waals surface area contributed by atoms with E-state index in [1.807, 2.05) is 116 Å². The van der Waals surface area contributed by atoms with E-state index in [0.717, 1.165) is 211 Å². The van der Waals surface area contributed by atoms with Gasteiger partial charge in [0.1, 0.15) is 0 Å². The zero-order chi connectivity index (χ0) is 81.4. The van der Waals surface area contributed by atoms with E-state index in [9.17, 15) is 0 Å². The molecule has 0 fully saturated rings. The van der Waals surface area contributed by atoms with E-state index in [-0.39, 0.29) is 0 Å². The van der Waals surface area contributed by atoms with Gasteiger partial charge < -0.3 is 0 Å². The van der Waals surface area contributed by atoms with Gasteiger partial charge in [-0.1, -0.05) is 315 Å². The lowest BCUT2D eigenvalue weighted by Gasteiger charge is -2.13. The van der Waals surface area contributed by atoms with E-state index in [1.165, 1.54) is 0 Å². The fourth-order valence-electron chi connectivity index (χ4n) is 16.6. The molecule has 0 unspecified atom stereocenters. The maximum absolute atomic E-state index is 5.20. The van der Waals surface area contributed by atoms with Crippen molar-refractivity contribution in [2.75, 3.05) is 0 Å². The van der Waals surface area contributed by atoms with Crippen molar-refractivity contribution in [2.24, 2.45) is 0 Å². The van der Waals surface area contributed by atoms with Crippen LogP contribution in [-0.2, 0) is 0 Å². The first kappa shape index (κ1) is 73.3. The van der Waals surface area contributed by atoms with E-state index in [1.54, 1.807) is 0 Å². The number of pyridine rings is 6. The Morgan fingerprint density at radius 2 is 0.492 bits per heavy atom. The highest BCUT2D eigenvalue weighted by atomic mass is 15.0. The first-order valence-electron chi connectivity index (χ1n) is 40.8. The Labute approximate surface area is 705 Å². The molecule has 14 aromatic carbocycles. The summed E-state index contributed by atoms with van der Waals surface area (Å²) < 4.78 is 0. The highest BCUT2D eigenvalue weighted by molar-refractivity contribution is 6.11. The summed E-state index contributed by atoms with van der Waals surface area (Å²) in [6.45, 7) is 4.12. The van der Waals surface area contributed by atoms with Crippen LogP contribution in [0.3, 0.4) is 0 Å². The summed E-state index contributed by atoms with van der Waals surface area (Å²) in [5.41, 5.74) is 32.4. The Morgan fingerprint density at radius 1 is 0.164 bits per heavy atom. The quantitative estimate of drug-likeness (QED) is 0.0960. The molecular weight excluding hydrogens is 1490 g/mol. The zero-order valence-electron chi connectivity index (χ0n) is 66.6. The second-order valence-electron chi connectivity index (χ2n) is 30.5. The number of hydrogen-bond acceptors (Lipinski definition) is 11. The van der Waals surface area contributed by atoms with Crippen LogP contribution in [-0.4, -0.2) is 54.8 Å². The number of aromatic nitrogens is 11. The molecule has 0 aliphatic rings. The molecule has 0 N–H and O–H groups in total. The molecule has 0 saturated carbocycles. The van der Waals surface area contributed by atoms with Crippen molar-refractivity contribution in [2.45, 2.75) is 13.8 Å². The van der Waals surface area contributed by atoms with E-state index < -0.39 is 0 Å². The van der Waals surface area contributed by atoms with Gasteiger partial charge in [0.25, 0.3) is 0 Å². The topological polar surface area (TPSA) is 142 Å². The van der Waals surface area contributed by atoms with Crippen molar-refractivity contribution in [1.82, 2.24) is 54.8 Å². The molecule has 0 atom stereocenters. The molecule has 0 radical (unpaired) electrons. The van der Waals surface area contributed by atoms with Gasteiger partial charge in [-0.15, -0.1) is 0 Å². The Kier molecular flexibility index (Phi) is 19.2. The van der Waals surface area contributed by atoms with Crippen LogP contribution in [0.25, 0.3) is 223 Å². The zero-order valence-corrected chi connectivity index (χ0v) is 66.6. The van der Waals surface area contributed by atoms with Gasteiger partial charge in [0, 0.05) is 101 Å². The maximum Gasteiger partial charge on any atom is 0.164 e. The van der Waals surface area contributed by atoms with E-state index in [0.29, 0.717) is 23.3 Å². The molecule has 11 nitrogen and oxygen atoms in total. The lowest BCUT2D eigenvalue weighted by Crippen LogP contribution is -2.00. The fraction of sp³-hybridized carbons (Fsp3) is 0.0180. The number of aryl methyl sites for hydroxylation is 2. The Morgan fingerprint density at radius 3 is 0.951 bits per heavy atom. The summed E-state index contributed by atoms with van der Waals surface area (Å²) in [6, 6.07) is 137. The first-order chi connectivity index (χ1) is 60.2. The monoisotopic (exact) mass is 1560 g/mol. The van der Waals surface area contributed by atoms with Crippen molar-refractivity contribution in [3.05, 3.63) is 418 Å². The summed E-state index contributed by atoms with van der Waals surface area (Å²) in [4.78, 5) is 55.0. The van der Waals surface area contributed by atoms with Crippen molar-refractivity contribution >= 4 is 65.4 Å². The van der Waals surface area contributed by atoms with E-state index >= 15 is 0 Å². The molecular formula is C111H73N11. The molecule has 572 valence electrons. The van der Waals surface area contributed by atoms with Crippen molar-refractivity contribution in [3.8, 4) is 157 Å². The Bertz CT molecular complexity index is 7290. The van der Waals surface area contributed by atoms with Gasteiger partial charge in [0.15, 0.2) is 23.3 Å². The number of hydrogen-bond donors (Lipinski definition) is 0. The van der Waals surface area contributed by atoms with Crippen LogP contribution in [0.4, 0.5) is 0 Å². The van der Waals surface area contributed by atoms with Crippen LogP contribution < -0.4 is 0 Å². The average Bonchev–Trinajstić information content (AvgIpc) is 0.751. The second-order valence-corrected chi connectivity index (χ2v) is 30.5. The summed E-state index contributed by atoms with van der Waals surface area (Å²) in [6.07, 6.45) is 3.67. The molecule has 11 heteroatoms. The Hall–Kier alpha value is -16.4. The number of nitrogens with zero attached hydrogens (tertiary/aromatic N) is 11. The van der Waals surface area contributed by atoms with Gasteiger partial charge in [-0.2, -0.15) is 0 Å². The van der Waals surface area contributed by atoms with Crippen molar-refractivity contribution in [3.63, 3.8) is 0 Å². The highest BCUT2D eigenvalue weighted by Gasteiger charge is 2.21. The van der Waals surface area contributed by atoms with Gasteiger partial charge in [0.05, 0.1) is 55.9 Å². The van der Waals surface area contributed by atoms with E-state index in [2.05, 4.69) is 315 Å². The molecule has 22 rings (SSSR count). The van der Waals surface area contributed by atoms with Crippen LogP contribution >= 0.6 is 0 Å². The Balaban J connectivity index is 0.000000150. The third-order valence-electron chi connectivity index (χ3n) is 22.6. The van der Waals surface area contributed by atoms with Crippen LogP contribution in [0.1, 0.15) is 11.4 Å². The van der Waals surface area contributed by atoms with Crippen LogP contribution in [0.15, 0.2) is 407 Å². The van der Waals surface area contributed by atoms with Gasteiger partial charge in [-0.3, -0.25) is 19.9 Å². The summed E-state index contributed by atoms with van der Waals surface area (Å²) in [5, 5.41) is 6.51. The SMILES string of the molecule is Cc1cc(-c2cccc(-c3ccc(-c4nc(-c5ccccc5)cc(-c5cccc(-c6cccc7ncccc67)c5)n4)cc3)c2)c2ccc3ccc(-c4ccccc4)nc3c2n1.Cc1cc(-c2cccc(-c3ccc(-c4nc(-c5ccccc5)nc(-c5cccc(-c6cccc7ncccc67)c5)n4)cc3)c2)c2ccc3ccc(-c4ccccc4)nc3c2n1. The number of fused-ring (bicyclic) bond motifs is 8. The molecule has 8 heterocycles. The summed E-state index contributed by atoms with van der Waals surface area (Å²) in [5.74, 6) is 2.52. The van der Waals surface area contributed by atoms with Crippen LogP contribution in [0.2, 0.25) is 0 Å². The minimum Gasteiger partial charge on any atom is -0.256 e. The molecule has 22 aromatic rings. The normalized spacial score (nSPS) is 11.4. The molecule has 0 spiro atoms. The van der Waals surface area contributed by atoms with Gasteiger partial charge in [-0.25, -0.2) is 34.9 Å². The van der Waals surface area contributed by atoms with E-state index in [4.69, 9.17) is 44.9 Å². The molecule has 0 amide bonds. The van der Waals surface area contributed by atoms with Crippen molar-refractivity contribution in [1.29, 1.82) is 0 Å². The minimum absolute atomic E-state index is 0.610. The third kappa shape index (κ3) is 14.6. The molecule has 0 aliphatic carbocycles. The number of rotatable bonds is 14. The second kappa shape index (κ2) is 31.9. The van der Waals surface area contributed by atoms with Gasteiger partial charge >= 0.3 is 0 Å². The van der Waals surface area contributed by atoms with Crippen LogP contribution in [0, 0.1) is 13.8 Å². The number of benzene rings is 14. The molecule has 122 heavy (non-hydrogen) atoms. The molecule has 8 aromatic heterocycles. The largest absolute Gasteiger partial charge is 0.256 e. The average molecular weight is 1560 g/mol. The first-order valence-corrected chi connectivity index (χ1v) is 40.8. The third-order valence-corrected chi connectivity index (χ3v) is 22.6. The minimum atomic E-state index is 0.610. The lowest BCUT2D eigenvalue weighted by molar-refractivity contribution is 1.07. The highest BCUT2D eigenvalue weighted by Crippen LogP contribution is 2.41. The van der Waals surface area contributed by atoms with Gasteiger partial charge in [0.2, 0.25) is 0 Å². The predicted octanol–water partition coefficient (Wildman–Crippen LogP) is 27.6. The molecule has 0 aliphatic heterocycles. The van der Waals surface area contributed by atoms with Crippen molar-refractivity contribution < 1.29 is 0 Å². The lowest BCUT2D eigenvalue weighted by atomic mass is 9.95. The van der Waals surface area contributed by atoms with Crippen LogP contribution in [0.5, 0.6) is 0 Å². The predicted molar refractivity (Wildman–Crippen MR) is 499 cm³/mol. The standard InChI is InChI=1S/C56H37N5.C55H36N6/c1-36-32-49(48-29-27-40-28-30-50(38-12-4-2-5-13-38)59-54(40)55(48)58-36)44-18-8-16-42(33-44)37-23-25-41(26-24-37)56-60-52(39-14-6-3-7-15-39)35-53(61-56)45-19-9-17-43(34-45)46-20-10-22-51-47(46)21-11-31-57-51;1-35-32-48(47-29-27-38-28-30-49(37-12-4-2-5-13-37)58-51(38)52(47)57-35)43-18-8-16-41(33-43)36-23-25-40(26-24-36)54-59-53(39-14-6-3-7-15-39)60-55(61-54)44-19-9-17-42(34-44)45-20-10-22-50-46(45)21-11-31-56-50/h2-35H,1H3;2-34H,1H3. The fourth-order valence-corrected chi connectivity index (χ4v) is 16.6. The summed E-state index contributed by atoms with van der Waals surface area (Å²) >= 11 is 0.